The molecule has 1 aromatic carbocycles. The molecular formula is C20H25N5O2S. The number of piperidine rings is 1. The van der Waals surface area contributed by atoms with E-state index in [-0.39, 0.29) is 23.6 Å². The van der Waals surface area contributed by atoms with E-state index in [1.165, 1.54) is 18.2 Å². The van der Waals surface area contributed by atoms with E-state index in [1.54, 1.807) is 4.57 Å². The Bertz CT molecular complexity index is 1080. The second kappa shape index (κ2) is 7.58. The summed E-state index contributed by atoms with van der Waals surface area (Å²) in [6.07, 6.45) is 3.29. The lowest BCUT2D eigenvalue weighted by Crippen LogP contribution is -2.48. The van der Waals surface area contributed by atoms with Crippen molar-refractivity contribution in [1.82, 2.24) is 24.1 Å². The summed E-state index contributed by atoms with van der Waals surface area (Å²) in [6.45, 7) is 6.67. The van der Waals surface area contributed by atoms with Crippen LogP contribution in [0.5, 0.6) is 0 Å². The first-order valence-electron chi connectivity index (χ1n) is 9.83. The molecule has 0 saturated carbocycles. The van der Waals surface area contributed by atoms with Crippen LogP contribution in [0.25, 0.3) is 16.7 Å². The van der Waals surface area contributed by atoms with Gasteiger partial charge in [-0.05, 0) is 52.2 Å². The summed E-state index contributed by atoms with van der Waals surface area (Å²) < 4.78 is 3.51. The number of likely N-dealkylation sites (tertiary alicyclic amines) is 1. The lowest BCUT2D eigenvalue weighted by molar-refractivity contribution is -0.134. The summed E-state index contributed by atoms with van der Waals surface area (Å²) in [5.74, 6) is 0.963. The number of amides is 1. The summed E-state index contributed by atoms with van der Waals surface area (Å²) in [6, 6.07) is 8.02. The Balaban J connectivity index is 1.69. The fourth-order valence-corrected chi connectivity index (χ4v) is 5.04. The standard InChI is InChI=1S/C20H25N5O2S/c1-4-23-18(27)15-10-5-6-11-16(15)25-19(23)21-22-20(25)28-12-17(26)24-13(2)8-7-9-14(24)3/h5-6,10-11,13-14H,4,7-9,12H2,1-3H3/t13-,14-/m0/s1. The molecule has 0 spiro atoms. The van der Waals surface area contributed by atoms with Crippen molar-refractivity contribution >= 4 is 34.3 Å². The van der Waals surface area contributed by atoms with Crippen molar-refractivity contribution in [3.63, 3.8) is 0 Å². The van der Waals surface area contributed by atoms with Crippen LogP contribution in [0.4, 0.5) is 0 Å². The van der Waals surface area contributed by atoms with Gasteiger partial charge in [0.25, 0.3) is 5.56 Å². The second-order valence-electron chi connectivity index (χ2n) is 7.40. The predicted octanol–water partition coefficient (Wildman–Crippen LogP) is 2.95. The van der Waals surface area contributed by atoms with Crippen LogP contribution < -0.4 is 5.56 Å². The molecule has 28 heavy (non-hydrogen) atoms. The average Bonchev–Trinajstić information content (AvgIpc) is 3.10. The van der Waals surface area contributed by atoms with Gasteiger partial charge < -0.3 is 4.90 Å². The number of aryl methyl sites for hydroxylation is 1. The molecule has 1 saturated heterocycles. The topological polar surface area (TPSA) is 72.5 Å². The molecule has 148 valence electrons. The van der Waals surface area contributed by atoms with E-state index in [1.807, 2.05) is 40.5 Å². The summed E-state index contributed by atoms with van der Waals surface area (Å²) in [5, 5.41) is 9.81. The number of nitrogens with zero attached hydrogens (tertiary/aromatic N) is 5. The first-order valence-corrected chi connectivity index (χ1v) is 10.8. The van der Waals surface area contributed by atoms with Gasteiger partial charge >= 0.3 is 0 Å². The van der Waals surface area contributed by atoms with Gasteiger partial charge in [0.2, 0.25) is 11.7 Å². The Labute approximate surface area is 167 Å². The predicted molar refractivity (Wildman–Crippen MR) is 111 cm³/mol. The van der Waals surface area contributed by atoms with Crippen LogP contribution in [0.1, 0.15) is 40.0 Å². The van der Waals surface area contributed by atoms with Crippen molar-refractivity contribution in [2.75, 3.05) is 5.75 Å². The Morgan fingerprint density at radius 1 is 1.18 bits per heavy atom. The highest BCUT2D eigenvalue weighted by Gasteiger charge is 2.29. The van der Waals surface area contributed by atoms with Gasteiger partial charge in [-0.3, -0.25) is 18.6 Å². The highest BCUT2D eigenvalue weighted by Crippen LogP contribution is 2.26. The molecule has 1 aliphatic rings. The van der Waals surface area contributed by atoms with Crippen LogP contribution >= 0.6 is 11.8 Å². The number of para-hydroxylation sites is 1. The number of carbonyl (C=O) groups is 1. The van der Waals surface area contributed by atoms with Crippen LogP contribution in [0.3, 0.4) is 0 Å². The number of carbonyl (C=O) groups excluding carboxylic acids is 1. The minimum atomic E-state index is -0.0680. The Kier molecular flexibility index (Phi) is 5.14. The molecule has 4 rings (SSSR count). The number of benzene rings is 1. The maximum Gasteiger partial charge on any atom is 0.262 e. The largest absolute Gasteiger partial charge is 0.337 e. The smallest absolute Gasteiger partial charge is 0.262 e. The van der Waals surface area contributed by atoms with Gasteiger partial charge in [0.05, 0.1) is 16.7 Å². The maximum atomic E-state index is 12.9. The van der Waals surface area contributed by atoms with Crippen LogP contribution in [0.15, 0.2) is 34.2 Å². The van der Waals surface area contributed by atoms with E-state index in [0.717, 1.165) is 18.4 Å². The lowest BCUT2D eigenvalue weighted by atomic mass is 9.98. The van der Waals surface area contributed by atoms with Crippen LogP contribution in [0, 0.1) is 0 Å². The average molecular weight is 400 g/mol. The molecule has 3 aromatic rings. The molecule has 1 aliphatic heterocycles. The zero-order valence-corrected chi connectivity index (χ0v) is 17.3. The van der Waals surface area contributed by atoms with Gasteiger partial charge in [0, 0.05) is 18.6 Å². The third-order valence-corrected chi connectivity index (χ3v) is 6.51. The van der Waals surface area contributed by atoms with Gasteiger partial charge in [-0.1, -0.05) is 23.9 Å². The minimum absolute atomic E-state index is 0.0680. The van der Waals surface area contributed by atoms with E-state index in [0.29, 0.717) is 28.6 Å². The maximum absolute atomic E-state index is 12.9. The van der Waals surface area contributed by atoms with Crippen molar-refractivity contribution in [3.8, 4) is 0 Å². The number of fused-ring (bicyclic) bond motifs is 3. The quantitative estimate of drug-likeness (QED) is 0.631. The molecule has 1 fully saturated rings. The van der Waals surface area contributed by atoms with E-state index < -0.39 is 0 Å². The number of hydrogen-bond acceptors (Lipinski definition) is 5. The molecule has 0 unspecified atom stereocenters. The van der Waals surface area contributed by atoms with Crippen molar-refractivity contribution in [2.24, 2.45) is 0 Å². The number of hydrogen-bond donors (Lipinski definition) is 0. The summed E-state index contributed by atoms with van der Waals surface area (Å²) in [5.41, 5.74) is 0.702. The number of thioether (sulfide) groups is 1. The fraction of sp³-hybridized carbons (Fsp3) is 0.500. The zero-order valence-electron chi connectivity index (χ0n) is 16.5. The van der Waals surface area contributed by atoms with Crippen molar-refractivity contribution in [1.29, 1.82) is 0 Å². The Morgan fingerprint density at radius 3 is 2.61 bits per heavy atom. The highest BCUT2D eigenvalue weighted by molar-refractivity contribution is 7.99. The zero-order chi connectivity index (χ0) is 19.8. The molecule has 2 atom stereocenters. The molecule has 1 amide bonds. The molecular weight excluding hydrogens is 374 g/mol. The Morgan fingerprint density at radius 2 is 1.89 bits per heavy atom. The first-order chi connectivity index (χ1) is 13.5. The summed E-state index contributed by atoms with van der Waals surface area (Å²) in [7, 11) is 0. The van der Waals surface area contributed by atoms with E-state index in [9.17, 15) is 9.59 Å². The molecule has 2 aromatic heterocycles. The van der Waals surface area contributed by atoms with Crippen LogP contribution in [0.2, 0.25) is 0 Å². The molecule has 0 N–H and O–H groups in total. The first kappa shape index (κ1) is 19.0. The van der Waals surface area contributed by atoms with Crippen LogP contribution in [-0.2, 0) is 11.3 Å². The third-order valence-electron chi connectivity index (χ3n) is 5.60. The number of aromatic nitrogens is 4. The molecule has 8 heteroatoms. The number of rotatable bonds is 4. The SMILES string of the molecule is CCn1c(=O)c2ccccc2n2c(SCC(=O)N3[C@@H](C)CCC[C@@H]3C)nnc12. The van der Waals surface area contributed by atoms with Gasteiger partial charge in [-0.2, -0.15) is 0 Å². The van der Waals surface area contributed by atoms with Crippen LogP contribution in [-0.4, -0.2) is 47.8 Å². The van der Waals surface area contributed by atoms with E-state index >= 15 is 0 Å². The monoisotopic (exact) mass is 399 g/mol. The van der Waals surface area contributed by atoms with Gasteiger partial charge in [0.15, 0.2) is 5.16 Å². The van der Waals surface area contributed by atoms with Gasteiger partial charge in [-0.15, -0.1) is 10.2 Å². The van der Waals surface area contributed by atoms with Crippen molar-refractivity contribution in [2.45, 2.75) is 63.8 Å². The van der Waals surface area contributed by atoms with E-state index in [4.69, 9.17) is 0 Å². The van der Waals surface area contributed by atoms with Gasteiger partial charge in [0.1, 0.15) is 0 Å². The fourth-order valence-electron chi connectivity index (χ4n) is 4.23. The lowest BCUT2D eigenvalue weighted by Gasteiger charge is -2.39. The Hall–Kier alpha value is -2.35. The van der Waals surface area contributed by atoms with Crippen molar-refractivity contribution < 1.29 is 4.79 Å². The molecule has 3 heterocycles. The van der Waals surface area contributed by atoms with Crippen molar-refractivity contribution in [3.05, 3.63) is 34.6 Å². The summed E-state index contributed by atoms with van der Waals surface area (Å²) in [4.78, 5) is 27.6. The highest BCUT2D eigenvalue weighted by atomic mass is 32.2. The minimum Gasteiger partial charge on any atom is -0.337 e. The molecule has 0 aliphatic carbocycles. The molecule has 7 nitrogen and oxygen atoms in total. The molecule has 0 radical (unpaired) electrons. The van der Waals surface area contributed by atoms with E-state index in [2.05, 4.69) is 24.0 Å². The van der Waals surface area contributed by atoms with Gasteiger partial charge in [-0.25, -0.2) is 0 Å². The normalized spacial score (nSPS) is 20.2. The molecule has 0 bridgehead atoms. The summed E-state index contributed by atoms with van der Waals surface area (Å²) >= 11 is 1.39. The second-order valence-corrected chi connectivity index (χ2v) is 8.35. The third kappa shape index (κ3) is 3.09.